The molecule has 0 aliphatic carbocycles. The van der Waals surface area contributed by atoms with E-state index in [1.807, 2.05) is 158 Å². The monoisotopic (exact) mass is 726 g/mol. The maximum atomic E-state index is 12.7. The van der Waals surface area contributed by atoms with E-state index in [2.05, 4.69) is 29.6 Å². The third kappa shape index (κ3) is 16.4. The first kappa shape index (κ1) is 39.9. The van der Waals surface area contributed by atoms with Gasteiger partial charge in [-0.15, -0.1) is 11.6 Å². The molecule has 0 saturated carbocycles. The van der Waals surface area contributed by atoms with Gasteiger partial charge in [0.25, 0.3) is 0 Å². The molecular formula is C46H47ClN2O4. The van der Waals surface area contributed by atoms with Crippen LogP contribution in [0.2, 0.25) is 0 Å². The number of carbonyl (C=O) groups is 2. The van der Waals surface area contributed by atoms with E-state index in [1.54, 1.807) is 4.90 Å². The van der Waals surface area contributed by atoms with E-state index in [4.69, 9.17) is 21.1 Å². The third-order valence-electron chi connectivity index (χ3n) is 7.85. The lowest BCUT2D eigenvalue weighted by molar-refractivity contribution is 0.152. The lowest BCUT2D eigenvalue weighted by Crippen LogP contribution is -2.31. The van der Waals surface area contributed by atoms with Gasteiger partial charge in [-0.2, -0.15) is 0 Å². The molecule has 272 valence electrons. The summed E-state index contributed by atoms with van der Waals surface area (Å²) in [7, 11) is 0. The number of aryl methyl sites for hydroxylation is 2. The summed E-state index contributed by atoms with van der Waals surface area (Å²) in [5, 5.41) is 2.68. The molecule has 53 heavy (non-hydrogen) atoms. The van der Waals surface area contributed by atoms with Crippen molar-refractivity contribution in [3.8, 4) is 0 Å². The van der Waals surface area contributed by atoms with E-state index in [9.17, 15) is 9.59 Å². The number of hydrogen-bond acceptors (Lipinski definition) is 4. The first-order chi connectivity index (χ1) is 26.1. The molecule has 0 aliphatic rings. The lowest BCUT2D eigenvalue weighted by Gasteiger charge is -2.22. The smallest absolute Gasteiger partial charge is 0.414 e. The first-order valence-electron chi connectivity index (χ1n) is 17.8. The van der Waals surface area contributed by atoms with Crippen LogP contribution in [0.1, 0.15) is 35.1 Å². The molecule has 6 nitrogen and oxygen atoms in total. The predicted molar refractivity (Wildman–Crippen MR) is 217 cm³/mol. The Bertz CT molecular complexity index is 1830. The number of rotatable bonds is 13. The highest BCUT2D eigenvalue weighted by Gasteiger charge is 2.17. The normalized spacial score (nSPS) is 9.98. The van der Waals surface area contributed by atoms with Crippen LogP contribution < -0.4 is 10.2 Å². The number of alkyl halides is 1. The van der Waals surface area contributed by atoms with E-state index in [0.717, 1.165) is 42.6 Å². The number of hydrogen-bond donors (Lipinski definition) is 1. The summed E-state index contributed by atoms with van der Waals surface area (Å²) in [5.74, 6) is 0.612. The first-order valence-corrected chi connectivity index (χ1v) is 18.3. The number of para-hydroxylation sites is 2. The Balaban J connectivity index is 0.000000202. The van der Waals surface area contributed by atoms with E-state index in [-0.39, 0.29) is 6.09 Å². The number of ether oxygens (including phenoxy) is 2. The molecule has 6 aromatic carbocycles. The number of nitrogens with zero attached hydrogens (tertiary/aromatic N) is 1. The zero-order valence-corrected chi connectivity index (χ0v) is 30.7. The molecule has 6 aromatic rings. The highest BCUT2D eigenvalue weighted by molar-refractivity contribution is 6.17. The molecule has 7 heteroatoms. The Morgan fingerprint density at radius 2 is 0.887 bits per heavy atom. The van der Waals surface area contributed by atoms with Crippen LogP contribution >= 0.6 is 11.6 Å². The summed E-state index contributed by atoms with van der Waals surface area (Å²) in [5.41, 5.74) is 6.34. The van der Waals surface area contributed by atoms with Gasteiger partial charge < -0.3 is 9.47 Å². The summed E-state index contributed by atoms with van der Waals surface area (Å²) in [6.45, 7) is 1.32. The standard InChI is InChI=1S/C23H23NO2.C16H17NO2.C7H7Cl/c25-23(26-18-10-15-20-11-4-1-5-12-20)24(22-16-8-3-9-17-22)19-21-13-6-2-7-14-21;18-16(17-15-11-5-2-6-12-15)19-13-7-10-14-8-3-1-4-9-14;8-6-7-4-2-1-3-5-7/h1-9,11-14,16-17H,10,15,18-19H2;1-6,8-9,11-12H,7,10,13H2,(H,17,18);1-5H,6H2. The zero-order chi connectivity index (χ0) is 37.2. The molecule has 0 fully saturated rings. The number of benzene rings is 6. The largest absolute Gasteiger partial charge is 0.449 e. The van der Waals surface area contributed by atoms with Crippen LogP contribution in [0, 0.1) is 0 Å². The summed E-state index contributed by atoms with van der Waals surface area (Å²) >= 11 is 5.53. The van der Waals surface area contributed by atoms with Crippen LogP contribution in [0.25, 0.3) is 0 Å². The van der Waals surface area contributed by atoms with Crippen LogP contribution in [-0.4, -0.2) is 25.4 Å². The van der Waals surface area contributed by atoms with E-state index in [0.29, 0.717) is 25.6 Å². The fourth-order valence-corrected chi connectivity index (χ4v) is 5.30. The maximum absolute atomic E-state index is 12.7. The molecule has 0 heterocycles. The van der Waals surface area contributed by atoms with Crippen molar-refractivity contribution in [2.75, 3.05) is 23.4 Å². The van der Waals surface area contributed by atoms with Gasteiger partial charge in [0, 0.05) is 17.3 Å². The number of carbonyl (C=O) groups excluding carboxylic acids is 2. The van der Waals surface area contributed by atoms with Crippen LogP contribution in [0.4, 0.5) is 21.0 Å². The Labute approximate surface area is 319 Å². The average molecular weight is 727 g/mol. The summed E-state index contributed by atoms with van der Waals surface area (Å²) in [6, 6.07) is 59.2. The highest BCUT2D eigenvalue weighted by Crippen LogP contribution is 2.18. The Morgan fingerprint density at radius 1 is 0.491 bits per heavy atom. The quantitative estimate of drug-likeness (QED) is 0.0950. The van der Waals surface area contributed by atoms with Gasteiger partial charge >= 0.3 is 12.2 Å². The van der Waals surface area contributed by atoms with Gasteiger partial charge in [-0.3, -0.25) is 10.2 Å². The minimum Gasteiger partial charge on any atom is -0.449 e. The zero-order valence-electron chi connectivity index (χ0n) is 29.9. The van der Waals surface area contributed by atoms with Gasteiger partial charge in [0.05, 0.1) is 19.8 Å². The maximum Gasteiger partial charge on any atom is 0.414 e. The van der Waals surface area contributed by atoms with Crippen LogP contribution in [0.3, 0.4) is 0 Å². The van der Waals surface area contributed by atoms with Crippen molar-refractivity contribution in [1.82, 2.24) is 0 Å². The fraction of sp³-hybridized carbons (Fsp3) is 0.174. The van der Waals surface area contributed by atoms with Gasteiger partial charge in [0.15, 0.2) is 0 Å². The minimum atomic E-state index is -0.403. The van der Waals surface area contributed by atoms with Gasteiger partial charge in [-0.1, -0.05) is 158 Å². The van der Waals surface area contributed by atoms with Crippen LogP contribution in [-0.2, 0) is 34.7 Å². The van der Waals surface area contributed by atoms with Gasteiger partial charge in [-0.05, 0) is 72.2 Å². The summed E-state index contributed by atoms with van der Waals surface area (Å²) in [4.78, 5) is 25.8. The fourth-order valence-electron chi connectivity index (χ4n) is 5.12. The minimum absolute atomic E-state index is 0.312. The Hall–Kier alpha value is -5.85. The second-order valence-corrected chi connectivity index (χ2v) is 12.2. The number of halogens is 1. The molecule has 0 aromatic heterocycles. The molecule has 6 rings (SSSR count). The van der Waals surface area contributed by atoms with Crippen LogP contribution in [0.15, 0.2) is 182 Å². The van der Waals surface area contributed by atoms with E-state index < -0.39 is 6.09 Å². The lowest BCUT2D eigenvalue weighted by atomic mass is 10.1. The highest BCUT2D eigenvalue weighted by atomic mass is 35.5. The van der Waals surface area contributed by atoms with Gasteiger partial charge in [0.2, 0.25) is 0 Å². The number of amides is 2. The molecule has 1 N–H and O–H groups in total. The molecule has 0 atom stereocenters. The second kappa shape index (κ2) is 24.4. The molecular weight excluding hydrogens is 680 g/mol. The van der Waals surface area contributed by atoms with Crippen molar-refractivity contribution in [2.45, 2.75) is 38.1 Å². The number of anilines is 2. The molecule has 0 bridgehead atoms. The molecule has 2 amide bonds. The molecule has 0 aliphatic heterocycles. The summed E-state index contributed by atoms with van der Waals surface area (Å²) < 4.78 is 10.7. The molecule has 0 unspecified atom stereocenters. The Kier molecular flexibility index (Phi) is 18.3. The van der Waals surface area contributed by atoms with Crippen molar-refractivity contribution >= 4 is 35.2 Å². The predicted octanol–water partition coefficient (Wildman–Crippen LogP) is 11.8. The molecule has 0 spiro atoms. The molecule has 0 saturated heterocycles. The topological polar surface area (TPSA) is 67.9 Å². The van der Waals surface area contributed by atoms with Gasteiger partial charge in [0.1, 0.15) is 0 Å². The van der Waals surface area contributed by atoms with Crippen molar-refractivity contribution in [3.63, 3.8) is 0 Å². The van der Waals surface area contributed by atoms with Crippen molar-refractivity contribution in [1.29, 1.82) is 0 Å². The number of nitrogens with one attached hydrogen (secondary N) is 1. The van der Waals surface area contributed by atoms with Crippen molar-refractivity contribution < 1.29 is 19.1 Å². The van der Waals surface area contributed by atoms with E-state index in [1.165, 1.54) is 16.7 Å². The summed E-state index contributed by atoms with van der Waals surface area (Å²) in [6.07, 6.45) is 2.74. The second-order valence-electron chi connectivity index (χ2n) is 11.9. The average Bonchev–Trinajstić information content (AvgIpc) is 3.23. The van der Waals surface area contributed by atoms with Gasteiger partial charge in [-0.25, -0.2) is 9.59 Å². The van der Waals surface area contributed by atoms with Crippen molar-refractivity contribution in [3.05, 3.63) is 204 Å². The van der Waals surface area contributed by atoms with E-state index >= 15 is 0 Å². The van der Waals surface area contributed by atoms with Crippen LogP contribution in [0.5, 0.6) is 0 Å². The SMILES string of the molecule is ClCc1ccccc1.O=C(Nc1ccccc1)OCCCc1ccccc1.O=C(OCCCc1ccccc1)N(Cc1ccccc1)c1ccccc1. The van der Waals surface area contributed by atoms with Crippen molar-refractivity contribution in [2.24, 2.45) is 0 Å². The Morgan fingerprint density at radius 3 is 1.34 bits per heavy atom. The third-order valence-corrected chi connectivity index (χ3v) is 8.16. The molecule has 0 radical (unpaired) electrons.